The summed E-state index contributed by atoms with van der Waals surface area (Å²) >= 11 is 0. The number of ether oxygens (including phenoxy) is 3. The second-order valence-corrected chi connectivity index (χ2v) is 12.0. The van der Waals surface area contributed by atoms with Crippen molar-refractivity contribution in [2.45, 2.75) is 75.0 Å². The molecule has 3 N–H and O–H groups in total. The first-order chi connectivity index (χ1) is 18.9. The van der Waals surface area contributed by atoms with Gasteiger partial charge in [-0.25, -0.2) is 4.39 Å². The number of nitrogen functional groups attached to an aromatic ring is 1. The van der Waals surface area contributed by atoms with Crippen LogP contribution in [0.25, 0.3) is 0 Å². The lowest BCUT2D eigenvalue weighted by atomic mass is 9.74. The molecule has 4 aliphatic heterocycles. The Balaban J connectivity index is 1.25. The number of rotatable bonds is 4. The van der Waals surface area contributed by atoms with Crippen molar-refractivity contribution in [2.75, 3.05) is 56.6 Å². The van der Waals surface area contributed by atoms with Gasteiger partial charge in [-0.2, -0.15) is 9.97 Å². The maximum Gasteiger partial charge on any atom is 0.318 e. The number of aliphatic hydroxyl groups excluding tert-OH is 1. The van der Waals surface area contributed by atoms with Crippen molar-refractivity contribution in [1.82, 2.24) is 14.9 Å². The molecule has 3 saturated heterocycles. The van der Waals surface area contributed by atoms with Crippen molar-refractivity contribution in [3.05, 3.63) is 40.6 Å². The number of β-amino-alcohol motifs (C(OH)–C–C–N with tert-alkyl or cyclic N) is 1. The molecule has 1 aliphatic carbocycles. The standard InChI is InChI=1S/C29H38FN5O4/c30-20-12-28(6-2-8-35(28)14-20)18-38-27-32-25-13-29(7-1-3-19-4-5-21(31)11-24(19)29)39-17-23(25)26(33-27)34-9-10-37-16-22(36)15-34/h4-5,11,20,22,36H,1-3,6-10,12-18,31H2/t20-,22-,28+,29+/m1/s1. The van der Waals surface area contributed by atoms with Gasteiger partial charge in [0.05, 0.1) is 42.8 Å². The average molecular weight is 540 g/mol. The molecule has 1 aromatic carbocycles. The van der Waals surface area contributed by atoms with Gasteiger partial charge in [-0.1, -0.05) is 6.07 Å². The molecular weight excluding hydrogens is 501 g/mol. The van der Waals surface area contributed by atoms with E-state index < -0.39 is 17.9 Å². The van der Waals surface area contributed by atoms with Gasteiger partial charge >= 0.3 is 6.01 Å². The van der Waals surface area contributed by atoms with Crippen molar-refractivity contribution < 1.29 is 23.7 Å². The zero-order chi connectivity index (χ0) is 26.6. The van der Waals surface area contributed by atoms with E-state index in [1.165, 1.54) is 5.56 Å². The molecule has 210 valence electrons. The second kappa shape index (κ2) is 9.83. The fourth-order valence-corrected chi connectivity index (χ4v) is 7.55. The molecule has 2 aromatic rings. The average Bonchev–Trinajstić information content (AvgIpc) is 3.35. The summed E-state index contributed by atoms with van der Waals surface area (Å²) in [6.07, 6.45) is 4.58. The molecule has 1 aromatic heterocycles. The van der Waals surface area contributed by atoms with Crippen molar-refractivity contribution in [1.29, 1.82) is 0 Å². The first-order valence-corrected chi connectivity index (χ1v) is 14.4. The van der Waals surface area contributed by atoms with Crippen LogP contribution in [0.2, 0.25) is 0 Å². The molecule has 0 unspecified atom stereocenters. The number of nitrogens with zero attached hydrogens (tertiary/aromatic N) is 4. The van der Waals surface area contributed by atoms with E-state index >= 15 is 0 Å². The van der Waals surface area contributed by atoms with Crippen molar-refractivity contribution in [2.24, 2.45) is 0 Å². The summed E-state index contributed by atoms with van der Waals surface area (Å²) in [6.45, 7) is 3.95. The Morgan fingerprint density at radius 3 is 3.03 bits per heavy atom. The molecule has 5 heterocycles. The minimum Gasteiger partial charge on any atom is -0.461 e. The summed E-state index contributed by atoms with van der Waals surface area (Å²) in [6, 6.07) is 6.45. The number of aryl methyl sites for hydroxylation is 1. The van der Waals surface area contributed by atoms with Gasteiger partial charge in [0.1, 0.15) is 18.6 Å². The minimum absolute atomic E-state index is 0.282. The Morgan fingerprint density at radius 1 is 1.18 bits per heavy atom. The largest absolute Gasteiger partial charge is 0.461 e. The van der Waals surface area contributed by atoms with Gasteiger partial charge in [0.2, 0.25) is 0 Å². The number of alkyl halides is 1. The van der Waals surface area contributed by atoms with Crippen LogP contribution in [-0.2, 0) is 34.5 Å². The van der Waals surface area contributed by atoms with Gasteiger partial charge in [0.25, 0.3) is 0 Å². The fourth-order valence-electron chi connectivity index (χ4n) is 7.55. The predicted octanol–water partition coefficient (Wildman–Crippen LogP) is 2.52. The van der Waals surface area contributed by atoms with E-state index in [-0.39, 0.29) is 5.54 Å². The maximum absolute atomic E-state index is 14.4. The fraction of sp³-hybridized carbons (Fsp3) is 0.655. The molecular formula is C29H38FN5O4. The van der Waals surface area contributed by atoms with Crippen LogP contribution in [0.3, 0.4) is 0 Å². The minimum atomic E-state index is -0.816. The summed E-state index contributed by atoms with van der Waals surface area (Å²) in [7, 11) is 0. The van der Waals surface area contributed by atoms with Crippen molar-refractivity contribution in [3.8, 4) is 6.01 Å². The number of anilines is 2. The summed E-state index contributed by atoms with van der Waals surface area (Å²) < 4.78 is 33.0. The topological polar surface area (TPSA) is 106 Å². The number of fused-ring (bicyclic) bond motifs is 4. The SMILES string of the molecule is Nc1ccc2c(c1)[C@]1(CCC2)Cc2nc(OC[C@@]34CCCN3C[C@H](F)C4)nc(N3CCOC[C@H](O)C3)c2CO1. The van der Waals surface area contributed by atoms with Crippen LogP contribution in [0.5, 0.6) is 6.01 Å². The van der Waals surface area contributed by atoms with Crippen LogP contribution < -0.4 is 15.4 Å². The van der Waals surface area contributed by atoms with E-state index in [0.29, 0.717) is 64.9 Å². The highest BCUT2D eigenvalue weighted by Gasteiger charge is 2.49. The van der Waals surface area contributed by atoms with E-state index in [1.54, 1.807) is 0 Å². The van der Waals surface area contributed by atoms with Gasteiger partial charge < -0.3 is 30.0 Å². The van der Waals surface area contributed by atoms with Crippen molar-refractivity contribution >= 4 is 11.5 Å². The normalized spacial score (nSPS) is 32.5. The molecule has 10 heteroatoms. The number of benzene rings is 1. The third-order valence-electron chi connectivity index (χ3n) is 9.43. The third kappa shape index (κ3) is 4.55. The van der Waals surface area contributed by atoms with Crippen LogP contribution in [0, 0.1) is 0 Å². The van der Waals surface area contributed by atoms with Crippen molar-refractivity contribution in [3.63, 3.8) is 0 Å². The molecule has 4 atom stereocenters. The van der Waals surface area contributed by atoms with Gasteiger partial charge in [0, 0.05) is 43.7 Å². The van der Waals surface area contributed by atoms with Crippen LogP contribution in [0.15, 0.2) is 18.2 Å². The maximum atomic E-state index is 14.4. The predicted molar refractivity (Wildman–Crippen MR) is 144 cm³/mol. The molecule has 7 rings (SSSR count). The number of halogens is 1. The highest BCUT2D eigenvalue weighted by atomic mass is 19.1. The number of hydrogen-bond acceptors (Lipinski definition) is 9. The van der Waals surface area contributed by atoms with Gasteiger partial charge in [-0.05, 0) is 61.9 Å². The number of hydrogen-bond donors (Lipinski definition) is 2. The monoisotopic (exact) mass is 539 g/mol. The van der Waals surface area contributed by atoms with Gasteiger partial charge in [0.15, 0.2) is 0 Å². The van der Waals surface area contributed by atoms with Crippen LogP contribution in [0.1, 0.15) is 54.5 Å². The molecule has 0 bridgehead atoms. The van der Waals surface area contributed by atoms with Crippen LogP contribution in [-0.4, -0.2) is 83.8 Å². The summed E-state index contributed by atoms with van der Waals surface area (Å²) in [5, 5.41) is 10.5. The second-order valence-electron chi connectivity index (χ2n) is 12.0. The Morgan fingerprint density at radius 2 is 2.10 bits per heavy atom. The Labute approximate surface area is 228 Å². The first-order valence-electron chi connectivity index (χ1n) is 14.4. The molecule has 0 radical (unpaired) electrons. The molecule has 3 fully saturated rings. The third-order valence-corrected chi connectivity index (χ3v) is 9.43. The summed E-state index contributed by atoms with van der Waals surface area (Å²) in [5.41, 5.74) is 10.5. The van der Waals surface area contributed by atoms with Crippen LogP contribution in [0.4, 0.5) is 15.9 Å². The zero-order valence-electron chi connectivity index (χ0n) is 22.4. The van der Waals surface area contributed by atoms with Crippen LogP contribution >= 0.6 is 0 Å². The smallest absolute Gasteiger partial charge is 0.318 e. The highest BCUT2D eigenvalue weighted by Crippen LogP contribution is 2.47. The molecule has 9 nitrogen and oxygen atoms in total. The molecule has 39 heavy (non-hydrogen) atoms. The van der Waals surface area contributed by atoms with E-state index in [2.05, 4.69) is 21.9 Å². The number of nitrogens with two attached hydrogens (primary N) is 1. The Hall–Kier alpha value is -2.53. The van der Waals surface area contributed by atoms with Gasteiger partial charge in [-0.15, -0.1) is 0 Å². The quantitative estimate of drug-likeness (QED) is 0.567. The number of aromatic nitrogens is 2. The lowest BCUT2D eigenvalue weighted by Gasteiger charge is -2.43. The molecule has 0 saturated carbocycles. The highest BCUT2D eigenvalue weighted by molar-refractivity contribution is 5.54. The van der Waals surface area contributed by atoms with E-state index in [0.717, 1.165) is 67.0 Å². The van der Waals surface area contributed by atoms with E-state index in [9.17, 15) is 9.50 Å². The number of aliphatic hydroxyl groups is 1. The summed E-state index contributed by atoms with van der Waals surface area (Å²) in [4.78, 5) is 14.2. The Bertz CT molecular complexity index is 1250. The van der Waals surface area contributed by atoms with Gasteiger partial charge in [-0.3, -0.25) is 4.90 Å². The lowest BCUT2D eigenvalue weighted by molar-refractivity contribution is -0.0855. The lowest BCUT2D eigenvalue weighted by Crippen LogP contribution is -2.44. The first kappa shape index (κ1) is 25.4. The van der Waals surface area contributed by atoms with E-state index in [1.807, 2.05) is 6.07 Å². The summed E-state index contributed by atoms with van der Waals surface area (Å²) in [5.74, 6) is 0.730. The molecule has 5 aliphatic rings. The van der Waals surface area contributed by atoms with E-state index in [4.69, 9.17) is 29.9 Å². The Kier molecular flexibility index (Phi) is 6.41. The zero-order valence-corrected chi connectivity index (χ0v) is 22.4. The molecule has 1 spiro atoms. The molecule has 0 amide bonds.